The van der Waals surface area contributed by atoms with E-state index in [0.717, 1.165) is 0 Å². The lowest BCUT2D eigenvalue weighted by atomic mass is 9.82. The summed E-state index contributed by atoms with van der Waals surface area (Å²) in [5.74, 6) is 0. The normalized spacial score (nSPS) is 11.7. The first-order valence-electron chi connectivity index (χ1n) is 5.68. The van der Waals surface area contributed by atoms with Crippen LogP contribution in [0.15, 0.2) is 43.0 Å². The van der Waals surface area contributed by atoms with Crippen molar-refractivity contribution in [2.75, 3.05) is 0 Å². The van der Waals surface area contributed by atoms with Gasteiger partial charge in [-0.3, -0.25) is 0 Å². The largest absolute Gasteiger partial charge is 0.0984 e. The summed E-state index contributed by atoms with van der Waals surface area (Å²) >= 11 is 0. The molecule has 0 aliphatic carbocycles. The van der Waals surface area contributed by atoms with Gasteiger partial charge in [-0.2, -0.15) is 0 Å². The lowest BCUT2D eigenvalue weighted by Gasteiger charge is -2.22. The molecule has 0 nitrogen and oxygen atoms in total. The van der Waals surface area contributed by atoms with Crippen LogP contribution >= 0.6 is 0 Å². The number of hydrogen-bond acceptors (Lipinski definition) is 0. The second kappa shape index (κ2) is 3.79. The molecule has 0 fully saturated rings. The molecule has 0 amide bonds. The smallest absolute Gasteiger partial charge is 0.00742 e. The van der Waals surface area contributed by atoms with Gasteiger partial charge in [0, 0.05) is 0 Å². The molecule has 0 aliphatic rings. The van der Waals surface area contributed by atoms with Gasteiger partial charge in [0.2, 0.25) is 0 Å². The molecule has 0 unspecified atom stereocenters. The Morgan fingerprint density at radius 1 is 1.00 bits per heavy atom. The van der Waals surface area contributed by atoms with E-state index in [1.165, 1.54) is 21.9 Å². The molecule has 0 spiro atoms. The zero-order chi connectivity index (χ0) is 11.8. The van der Waals surface area contributed by atoms with Gasteiger partial charge in [0.1, 0.15) is 0 Å². The second-order valence-electron chi connectivity index (χ2n) is 5.21. The summed E-state index contributed by atoms with van der Waals surface area (Å²) in [6, 6.07) is 12.9. The Hall–Kier alpha value is -1.56. The molecule has 2 rings (SSSR count). The molecule has 0 heterocycles. The van der Waals surface area contributed by atoms with Crippen LogP contribution in [-0.4, -0.2) is 0 Å². The van der Waals surface area contributed by atoms with Gasteiger partial charge in [-0.15, -0.1) is 0 Å². The van der Waals surface area contributed by atoms with Crippen molar-refractivity contribution in [3.8, 4) is 0 Å². The molecule has 0 N–H and O–H groups in total. The molecular weight excluding hydrogens is 192 g/mol. The van der Waals surface area contributed by atoms with Gasteiger partial charge >= 0.3 is 0 Å². The molecule has 0 heteroatoms. The summed E-state index contributed by atoms with van der Waals surface area (Å²) in [4.78, 5) is 0. The second-order valence-corrected chi connectivity index (χ2v) is 5.21. The van der Waals surface area contributed by atoms with E-state index in [0.29, 0.717) is 0 Å². The minimum absolute atomic E-state index is 0.165. The molecule has 0 saturated carbocycles. The average Bonchev–Trinajstić information content (AvgIpc) is 2.26. The van der Waals surface area contributed by atoms with E-state index < -0.39 is 0 Å². The van der Waals surface area contributed by atoms with Gasteiger partial charge in [0.15, 0.2) is 0 Å². The van der Waals surface area contributed by atoms with Gasteiger partial charge in [0.25, 0.3) is 0 Å². The summed E-state index contributed by atoms with van der Waals surface area (Å²) in [6.07, 6.45) is 1.94. The minimum atomic E-state index is 0.165. The Labute approximate surface area is 97.6 Å². The van der Waals surface area contributed by atoms with E-state index in [4.69, 9.17) is 0 Å². The first-order chi connectivity index (χ1) is 7.54. The fourth-order valence-electron chi connectivity index (χ4n) is 2.17. The summed E-state index contributed by atoms with van der Waals surface area (Å²) in [5, 5.41) is 2.64. The topological polar surface area (TPSA) is 0 Å². The maximum absolute atomic E-state index is 3.90. The fraction of sp³-hybridized carbons (Fsp3) is 0.250. The quantitative estimate of drug-likeness (QED) is 0.635. The molecule has 16 heavy (non-hydrogen) atoms. The van der Waals surface area contributed by atoms with Gasteiger partial charge in [-0.1, -0.05) is 69.8 Å². The van der Waals surface area contributed by atoms with Crippen molar-refractivity contribution in [2.45, 2.75) is 26.2 Å². The highest BCUT2D eigenvalue weighted by atomic mass is 14.2. The van der Waals surface area contributed by atoms with Crippen LogP contribution in [0.5, 0.6) is 0 Å². The van der Waals surface area contributed by atoms with Gasteiger partial charge in [-0.05, 0) is 27.3 Å². The van der Waals surface area contributed by atoms with Crippen LogP contribution in [0.3, 0.4) is 0 Å². The van der Waals surface area contributed by atoms with E-state index >= 15 is 0 Å². The molecule has 2 aromatic rings. The van der Waals surface area contributed by atoms with Crippen molar-refractivity contribution < 1.29 is 0 Å². The third-order valence-corrected chi connectivity index (χ3v) is 2.96. The minimum Gasteiger partial charge on any atom is -0.0984 e. The standard InChI is InChI=1S/C16H18/c1-5-12-8-6-9-13-10-7-11-14(15(12)13)16(2,3)4/h5-11H,1H2,2-4H3. The van der Waals surface area contributed by atoms with Crippen molar-refractivity contribution >= 4 is 16.8 Å². The Morgan fingerprint density at radius 2 is 1.62 bits per heavy atom. The van der Waals surface area contributed by atoms with E-state index in [9.17, 15) is 0 Å². The first kappa shape index (κ1) is 10.9. The number of fused-ring (bicyclic) bond motifs is 1. The predicted octanol–water partition coefficient (Wildman–Crippen LogP) is 4.78. The molecule has 0 saturated heterocycles. The van der Waals surface area contributed by atoms with Crippen molar-refractivity contribution in [1.82, 2.24) is 0 Å². The van der Waals surface area contributed by atoms with Crippen LogP contribution < -0.4 is 0 Å². The zero-order valence-electron chi connectivity index (χ0n) is 10.2. The number of rotatable bonds is 1. The molecule has 0 radical (unpaired) electrons. The lowest BCUT2D eigenvalue weighted by Crippen LogP contribution is -2.11. The van der Waals surface area contributed by atoms with Crippen LogP contribution in [0.4, 0.5) is 0 Å². The van der Waals surface area contributed by atoms with Crippen molar-refractivity contribution in [1.29, 1.82) is 0 Å². The molecule has 0 atom stereocenters. The van der Waals surface area contributed by atoms with Crippen LogP contribution in [-0.2, 0) is 5.41 Å². The summed E-state index contributed by atoms with van der Waals surface area (Å²) < 4.78 is 0. The fourth-order valence-corrected chi connectivity index (χ4v) is 2.17. The van der Waals surface area contributed by atoms with E-state index in [1.54, 1.807) is 0 Å². The van der Waals surface area contributed by atoms with E-state index in [-0.39, 0.29) is 5.41 Å². The van der Waals surface area contributed by atoms with Crippen LogP contribution in [0.2, 0.25) is 0 Å². The highest BCUT2D eigenvalue weighted by Gasteiger charge is 2.17. The van der Waals surface area contributed by atoms with E-state index in [1.807, 2.05) is 6.08 Å². The summed E-state index contributed by atoms with van der Waals surface area (Å²) in [5.41, 5.74) is 2.78. The van der Waals surface area contributed by atoms with Crippen LogP contribution in [0.1, 0.15) is 31.9 Å². The zero-order valence-corrected chi connectivity index (χ0v) is 10.2. The SMILES string of the molecule is C=Cc1cccc2cccc(C(C)(C)C)c12. The Morgan fingerprint density at radius 3 is 2.19 bits per heavy atom. The number of hydrogen-bond donors (Lipinski definition) is 0. The molecule has 0 bridgehead atoms. The highest BCUT2D eigenvalue weighted by Crippen LogP contribution is 2.32. The molecule has 2 aromatic carbocycles. The highest BCUT2D eigenvalue weighted by molar-refractivity contribution is 5.93. The van der Waals surface area contributed by atoms with Crippen molar-refractivity contribution in [3.05, 3.63) is 54.1 Å². The Kier molecular flexibility index (Phi) is 2.59. The Balaban J connectivity index is 2.89. The van der Waals surface area contributed by atoms with Crippen molar-refractivity contribution in [2.24, 2.45) is 0 Å². The number of benzene rings is 2. The average molecular weight is 210 g/mol. The van der Waals surface area contributed by atoms with Gasteiger partial charge in [0.05, 0.1) is 0 Å². The molecule has 82 valence electrons. The van der Waals surface area contributed by atoms with E-state index in [2.05, 4.69) is 63.7 Å². The molecule has 0 aliphatic heterocycles. The maximum atomic E-state index is 3.90. The third kappa shape index (κ3) is 1.76. The molecular formula is C16H18. The monoisotopic (exact) mass is 210 g/mol. The Bertz CT molecular complexity index is 522. The molecule has 0 aromatic heterocycles. The maximum Gasteiger partial charge on any atom is -0.00742 e. The van der Waals surface area contributed by atoms with Gasteiger partial charge < -0.3 is 0 Å². The first-order valence-corrected chi connectivity index (χ1v) is 5.68. The lowest BCUT2D eigenvalue weighted by molar-refractivity contribution is 0.596. The van der Waals surface area contributed by atoms with Crippen molar-refractivity contribution in [3.63, 3.8) is 0 Å². The predicted molar refractivity (Wildman–Crippen MR) is 72.7 cm³/mol. The van der Waals surface area contributed by atoms with Crippen LogP contribution in [0.25, 0.3) is 16.8 Å². The summed E-state index contributed by atoms with van der Waals surface area (Å²) in [7, 11) is 0. The van der Waals surface area contributed by atoms with Crippen LogP contribution in [0, 0.1) is 0 Å². The van der Waals surface area contributed by atoms with Gasteiger partial charge in [-0.25, -0.2) is 0 Å². The summed E-state index contributed by atoms with van der Waals surface area (Å²) in [6.45, 7) is 10.7. The third-order valence-electron chi connectivity index (χ3n) is 2.96.